The van der Waals surface area contributed by atoms with Gasteiger partial charge in [-0.15, -0.1) is 0 Å². The van der Waals surface area contributed by atoms with E-state index in [0.29, 0.717) is 29.2 Å². The van der Waals surface area contributed by atoms with Crippen molar-refractivity contribution in [2.45, 2.75) is 44.6 Å². The van der Waals surface area contributed by atoms with E-state index in [-0.39, 0.29) is 18.4 Å². The van der Waals surface area contributed by atoms with Crippen LogP contribution < -0.4 is 16.0 Å². The summed E-state index contributed by atoms with van der Waals surface area (Å²) in [6, 6.07) is 4.65. The minimum Gasteiger partial charge on any atom is -0.324 e. The van der Waals surface area contributed by atoms with Crippen LogP contribution in [-0.2, 0) is 14.4 Å². The highest BCUT2D eigenvalue weighted by atomic mass is 32.1. The van der Waals surface area contributed by atoms with Crippen LogP contribution in [0.15, 0.2) is 18.2 Å². The molecule has 2 aromatic rings. The molecule has 29 heavy (non-hydrogen) atoms. The van der Waals surface area contributed by atoms with E-state index >= 15 is 0 Å². The first-order valence-corrected chi connectivity index (χ1v) is 10.3. The molecule has 0 bridgehead atoms. The summed E-state index contributed by atoms with van der Waals surface area (Å²) in [7, 11) is 0. The third-order valence-corrected chi connectivity index (χ3v) is 6.14. The number of hydrogen-bond acceptors (Lipinski definition) is 6. The highest BCUT2D eigenvalue weighted by Gasteiger charge is 2.51. The Hall–Kier alpha value is -3.01. The second-order valence-electron chi connectivity index (χ2n) is 7.40. The van der Waals surface area contributed by atoms with Crippen LogP contribution in [0.4, 0.5) is 15.6 Å². The zero-order chi connectivity index (χ0) is 20.6. The number of benzene rings is 1. The lowest BCUT2D eigenvalue weighted by atomic mass is 9.82. The molecule has 5 amide bonds. The molecular formula is C19H21N5O4S. The lowest BCUT2D eigenvalue weighted by Gasteiger charge is -2.30. The van der Waals surface area contributed by atoms with Crippen molar-refractivity contribution < 1.29 is 19.2 Å². The predicted molar refractivity (Wildman–Crippen MR) is 109 cm³/mol. The first-order valence-electron chi connectivity index (χ1n) is 9.48. The molecule has 0 radical (unpaired) electrons. The molecule has 2 fully saturated rings. The van der Waals surface area contributed by atoms with Crippen LogP contribution >= 0.6 is 11.3 Å². The molecule has 1 saturated heterocycles. The maximum Gasteiger partial charge on any atom is 0.325 e. The Kier molecular flexibility index (Phi) is 4.95. The lowest BCUT2D eigenvalue weighted by molar-refractivity contribution is -0.134. The first kappa shape index (κ1) is 19.3. The van der Waals surface area contributed by atoms with Crippen molar-refractivity contribution >= 4 is 56.1 Å². The van der Waals surface area contributed by atoms with Gasteiger partial charge in [0.1, 0.15) is 12.1 Å². The second-order valence-corrected chi connectivity index (χ2v) is 8.43. The number of aromatic nitrogens is 1. The number of hydrogen-bond donors (Lipinski definition) is 3. The van der Waals surface area contributed by atoms with E-state index in [1.807, 2.05) is 0 Å². The van der Waals surface area contributed by atoms with Crippen LogP contribution in [0.3, 0.4) is 0 Å². The zero-order valence-corrected chi connectivity index (χ0v) is 16.7. The number of anilines is 2. The minimum absolute atomic E-state index is 0.207. The van der Waals surface area contributed by atoms with Gasteiger partial charge in [-0.25, -0.2) is 9.78 Å². The van der Waals surface area contributed by atoms with Gasteiger partial charge in [0, 0.05) is 12.6 Å². The number of nitrogens with zero attached hydrogens (tertiary/aromatic N) is 2. The molecule has 1 aliphatic carbocycles. The summed E-state index contributed by atoms with van der Waals surface area (Å²) >= 11 is 1.29. The Morgan fingerprint density at radius 3 is 2.69 bits per heavy atom. The highest BCUT2D eigenvalue weighted by molar-refractivity contribution is 7.22. The van der Waals surface area contributed by atoms with Crippen LogP contribution in [0.25, 0.3) is 10.2 Å². The Morgan fingerprint density at radius 1 is 1.21 bits per heavy atom. The molecule has 1 spiro atoms. The van der Waals surface area contributed by atoms with Gasteiger partial charge in [0.25, 0.3) is 5.91 Å². The first-order chi connectivity index (χ1) is 13.9. The molecule has 2 aliphatic rings. The van der Waals surface area contributed by atoms with Gasteiger partial charge in [-0.05, 0) is 31.0 Å². The number of thiazole rings is 1. The van der Waals surface area contributed by atoms with E-state index in [1.165, 1.54) is 18.3 Å². The smallest absolute Gasteiger partial charge is 0.324 e. The summed E-state index contributed by atoms with van der Waals surface area (Å²) in [5.41, 5.74) is 0.391. The monoisotopic (exact) mass is 415 g/mol. The van der Waals surface area contributed by atoms with Crippen molar-refractivity contribution in [1.82, 2.24) is 15.2 Å². The molecule has 1 aromatic carbocycles. The van der Waals surface area contributed by atoms with Crippen LogP contribution in [-0.4, -0.2) is 45.7 Å². The van der Waals surface area contributed by atoms with Gasteiger partial charge in [0.05, 0.1) is 10.2 Å². The lowest BCUT2D eigenvalue weighted by Crippen LogP contribution is -2.48. The Labute approximate surface area is 170 Å². The van der Waals surface area contributed by atoms with Gasteiger partial charge in [-0.3, -0.25) is 19.3 Å². The summed E-state index contributed by atoms with van der Waals surface area (Å²) in [4.78, 5) is 54.0. The molecule has 1 saturated carbocycles. The van der Waals surface area contributed by atoms with Crippen LogP contribution in [0.2, 0.25) is 0 Å². The van der Waals surface area contributed by atoms with Gasteiger partial charge < -0.3 is 16.0 Å². The maximum absolute atomic E-state index is 12.8. The molecular weight excluding hydrogens is 394 g/mol. The Bertz CT molecular complexity index is 1010. The fourth-order valence-corrected chi connectivity index (χ4v) is 4.82. The fraction of sp³-hybridized carbons (Fsp3) is 0.421. The van der Waals surface area contributed by atoms with Crippen LogP contribution in [0.1, 0.15) is 39.0 Å². The molecule has 0 unspecified atom stereocenters. The van der Waals surface area contributed by atoms with E-state index in [2.05, 4.69) is 20.9 Å². The quantitative estimate of drug-likeness (QED) is 0.663. The molecule has 1 aromatic heterocycles. The predicted octanol–water partition coefficient (Wildman–Crippen LogP) is 2.45. The van der Waals surface area contributed by atoms with Gasteiger partial charge in [-0.2, -0.15) is 0 Å². The van der Waals surface area contributed by atoms with Gasteiger partial charge >= 0.3 is 6.03 Å². The fourth-order valence-electron chi connectivity index (χ4n) is 3.86. The number of rotatable bonds is 4. The topological polar surface area (TPSA) is 120 Å². The summed E-state index contributed by atoms with van der Waals surface area (Å²) in [5.74, 6) is -0.968. The number of amides is 5. The van der Waals surface area contributed by atoms with E-state index < -0.39 is 17.5 Å². The van der Waals surface area contributed by atoms with Gasteiger partial charge in [-0.1, -0.05) is 30.6 Å². The SMILES string of the molecule is CC(=O)Nc1nc2ccc(NC(=O)CN3C(=O)NC4(CCCCC4)C3=O)cc2s1. The van der Waals surface area contributed by atoms with Crippen molar-refractivity contribution in [1.29, 1.82) is 0 Å². The standard InChI is InChI=1S/C19H21N5O4S/c1-11(25)20-17-22-13-6-5-12(9-14(13)29-17)21-15(26)10-24-16(27)19(23-18(24)28)7-3-2-4-8-19/h5-6,9H,2-4,7-8,10H2,1H3,(H,21,26)(H,23,28)(H,20,22,25). The summed E-state index contributed by atoms with van der Waals surface area (Å²) < 4.78 is 0.794. The van der Waals surface area contributed by atoms with Crippen molar-refractivity contribution in [3.63, 3.8) is 0 Å². The van der Waals surface area contributed by atoms with Crippen LogP contribution in [0, 0.1) is 0 Å². The van der Waals surface area contributed by atoms with Crippen LogP contribution in [0.5, 0.6) is 0 Å². The van der Waals surface area contributed by atoms with Gasteiger partial charge in [0.15, 0.2) is 5.13 Å². The summed E-state index contributed by atoms with van der Waals surface area (Å²) in [6.07, 6.45) is 4.07. The highest BCUT2D eigenvalue weighted by Crippen LogP contribution is 2.33. The maximum atomic E-state index is 12.8. The minimum atomic E-state index is -0.836. The number of nitrogens with one attached hydrogen (secondary N) is 3. The van der Waals surface area contributed by atoms with Crippen molar-refractivity contribution in [2.24, 2.45) is 0 Å². The average Bonchev–Trinajstić information content (AvgIpc) is 3.15. The van der Waals surface area contributed by atoms with Crippen molar-refractivity contribution in [3.8, 4) is 0 Å². The normalized spacial score (nSPS) is 18.2. The van der Waals surface area contributed by atoms with E-state index in [9.17, 15) is 19.2 Å². The molecule has 0 atom stereocenters. The number of imide groups is 1. The zero-order valence-electron chi connectivity index (χ0n) is 15.9. The molecule has 152 valence electrons. The van der Waals surface area contributed by atoms with Crippen molar-refractivity contribution in [2.75, 3.05) is 17.2 Å². The van der Waals surface area contributed by atoms with E-state index in [0.717, 1.165) is 28.9 Å². The molecule has 3 N–H and O–H groups in total. The molecule has 9 nitrogen and oxygen atoms in total. The molecule has 10 heteroatoms. The van der Waals surface area contributed by atoms with E-state index in [1.54, 1.807) is 18.2 Å². The third-order valence-electron chi connectivity index (χ3n) is 5.21. The summed E-state index contributed by atoms with van der Waals surface area (Å²) in [5, 5.41) is 8.63. The van der Waals surface area contributed by atoms with Crippen molar-refractivity contribution in [3.05, 3.63) is 18.2 Å². The second kappa shape index (κ2) is 7.43. The average molecular weight is 415 g/mol. The largest absolute Gasteiger partial charge is 0.325 e. The number of urea groups is 1. The Morgan fingerprint density at radius 2 is 1.97 bits per heavy atom. The number of carbonyl (C=O) groups excluding carboxylic acids is 4. The van der Waals surface area contributed by atoms with Gasteiger partial charge in [0.2, 0.25) is 11.8 Å². The summed E-state index contributed by atoms with van der Waals surface area (Å²) in [6.45, 7) is 1.08. The number of fused-ring (bicyclic) bond motifs is 1. The Balaban J connectivity index is 1.43. The molecule has 4 rings (SSSR count). The third kappa shape index (κ3) is 3.80. The molecule has 2 heterocycles. The molecule has 1 aliphatic heterocycles. The number of carbonyl (C=O) groups is 4. The van der Waals surface area contributed by atoms with E-state index in [4.69, 9.17) is 0 Å².